The maximum atomic E-state index is 9.22. The molecule has 1 aliphatic heterocycles. The second-order valence-electron chi connectivity index (χ2n) is 5.59. The van der Waals surface area contributed by atoms with E-state index in [4.69, 9.17) is 31.6 Å². The van der Waals surface area contributed by atoms with Crippen LogP contribution in [0.1, 0.15) is 6.92 Å². The SMILES string of the molecule is CO[Si](C)(CCOCC(C)O)O[Si](CCOC1CO1)(OC)OC. The van der Waals surface area contributed by atoms with Gasteiger partial charge in [-0.3, -0.25) is 0 Å². The van der Waals surface area contributed by atoms with Crippen molar-refractivity contribution in [1.82, 2.24) is 0 Å². The van der Waals surface area contributed by atoms with E-state index >= 15 is 0 Å². The van der Waals surface area contributed by atoms with Crippen molar-refractivity contribution in [2.24, 2.45) is 0 Å². The van der Waals surface area contributed by atoms with Gasteiger partial charge in [0.25, 0.3) is 0 Å². The molecule has 0 spiro atoms. The number of hydrogen-bond acceptors (Lipinski definition) is 8. The van der Waals surface area contributed by atoms with E-state index in [1.165, 1.54) is 0 Å². The molecule has 1 rings (SSSR count). The van der Waals surface area contributed by atoms with Crippen LogP contribution in [0.3, 0.4) is 0 Å². The maximum Gasteiger partial charge on any atom is 0.493 e. The molecule has 0 aromatic rings. The predicted molar refractivity (Wildman–Crippen MR) is 87.3 cm³/mol. The molecule has 10 heteroatoms. The number of rotatable bonds is 14. The third kappa shape index (κ3) is 8.16. The van der Waals surface area contributed by atoms with Crippen LogP contribution < -0.4 is 0 Å². The van der Waals surface area contributed by atoms with Crippen molar-refractivity contribution in [2.75, 3.05) is 47.8 Å². The average Bonchev–Trinajstić information content (AvgIpc) is 3.35. The first kappa shape index (κ1) is 21.2. The number of ether oxygens (including phenoxy) is 3. The van der Waals surface area contributed by atoms with E-state index in [0.717, 1.165) is 0 Å². The molecule has 3 unspecified atom stereocenters. The second kappa shape index (κ2) is 10.2. The molecule has 1 saturated heterocycles. The van der Waals surface area contributed by atoms with Gasteiger partial charge in [-0.2, -0.15) is 0 Å². The Bertz CT molecular complexity index is 325. The number of hydrogen-bond donors (Lipinski definition) is 1. The lowest BCUT2D eigenvalue weighted by molar-refractivity contribution is 0.0438. The zero-order valence-corrected chi connectivity index (χ0v) is 16.7. The van der Waals surface area contributed by atoms with E-state index in [1.807, 2.05) is 6.55 Å². The van der Waals surface area contributed by atoms with Crippen LogP contribution >= 0.6 is 0 Å². The molecule has 0 radical (unpaired) electrons. The third-order valence-electron chi connectivity index (χ3n) is 3.50. The van der Waals surface area contributed by atoms with Crippen LogP contribution in [0.15, 0.2) is 0 Å². The number of aliphatic hydroxyl groups excluding tert-OH is 1. The third-order valence-corrected chi connectivity index (χ3v) is 10.5. The molecule has 138 valence electrons. The summed E-state index contributed by atoms with van der Waals surface area (Å²) in [5, 5.41) is 9.22. The Balaban J connectivity index is 2.49. The number of epoxide rings is 1. The van der Waals surface area contributed by atoms with Crippen molar-refractivity contribution in [3.8, 4) is 0 Å². The van der Waals surface area contributed by atoms with Crippen LogP contribution in [0.4, 0.5) is 0 Å². The average molecular weight is 371 g/mol. The summed E-state index contributed by atoms with van der Waals surface area (Å²) >= 11 is 0. The van der Waals surface area contributed by atoms with Gasteiger partial charge in [0.15, 0.2) is 6.29 Å². The van der Waals surface area contributed by atoms with Crippen LogP contribution in [0.5, 0.6) is 0 Å². The monoisotopic (exact) mass is 370 g/mol. The molecular formula is C13H30O8Si2. The molecule has 0 aromatic heterocycles. The molecule has 23 heavy (non-hydrogen) atoms. The van der Waals surface area contributed by atoms with Gasteiger partial charge >= 0.3 is 17.4 Å². The maximum absolute atomic E-state index is 9.22. The number of aliphatic hydroxyl groups is 1. The summed E-state index contributed by atoms with van der Waals surface area (Å²) in [5.41, 5.74) is 0. The smallest absolute Gasteiger partial charge is 0.398 e. The Morgan fingerprint density at radius 1 is 1.13 bits per heavy atom. The van der Waals surface area contributed by atoms with Gasteiger partial charge in [-0.15, -0.1) is 0 Å². The van der Waals surface area contributed by atoms with Gasteiger partial charge in [0, 0.05) is 40.0 Å². The van der Waals surface area contributed by atoms with Crippen molar-refractivity contribution in [3.05, 3.63) is 0 Å². The fourth-order valence-corrected chi connectivity index (χ4v) is 8.02. The molecule has 1 fully saturated rings. The summed E-state index contributed by atoms with van der Waals surface area (Å²) in [7, 11) is -0.599. The lowest BCUT2D eigenvalue weighted by atomic mass is 10.4. The Labute approximate surface area is 140 Å². The lowest BCUT2D eigenvalue weighted by Crippen LogP contribution is -2.55. The summed E-state index contributed by atoms with van der Waals surface area (Å²) in [6.45, 7) is 5.46. The van der Waals surface area contributed by atoms with Gasteiger partial charge in [0.1, 0.15) is 6.61 Å². The van der Waals surface area contributed by atoms with Gasteiger partial charge in [0.05, 0.1) is 19.3 Å². The second-order valence-corrected chi connectivity index (χ2v) is 12.3. The zero-order valence-electron chi connectivity index (χ0n) is 14.7. The van der Waals surface area contributed by atoms with Gasteiger partial charge in [-0.25, -0.2) is 0 Å². The first-order valence-corrected chi connectivity index (χ1v) is 12.2. The van der Waals surface area contributed by atoms with E-state index < -0.39 is 23.5 Å². The van der Waals surface area contributed by atoms with Crippen molar-refractivity contribution in [3.63, 3.8) is 0 Å². The van der Waals surface area contributed by atoms with Crippen LogP contribution in [-0.2, 0) is 31.6 Å². The highest BCUT2D eigenvalue weighted by molar-refractivity contribution is 6.77. The molecule has 0 saturated carbocycles. The zero-order chi connectivity index (χ0) is 17.3. The molecular weight excluding hydrogens is 340 g/mol. The van der Waals surface area contributed by atoms with Crippen LogP contribution in [0.25, 0.3) is 0 Å². The van der Waals surface area contributed by atoms with Crippen molar-refractivity contribution < 1.29 is 36.7 Å². The molecule has 0 bridgehead atoms. The summed E-state index contributed by atoms with van der Waals surface area (Å²) in [6, 6.07) is 1.14. The summed E-state index contributed by atoms with van der Waals surface area (Å²) < 4.78 is 38.9. The molecule has 1 N–H and O–H groups in total. The van der Waals surface area contributed by atoms with E-state index in [0.29, 0.717) is 38.5 Å². The molecule has 8 nitrogen and oxygen atoms in total. The molecule has 1 heterocycles. The first-order chi connectivity index (χ1) is 10.9. The van der Waals surface area contributed by atoms with Gasteiger partial charge in [0.2, 0.25) is 0 Å². The Kier molecular flexibility index (Phi) is 9.37. The molecule has 0 aliphatic carbocycles. The van der Waals surface area contributed by atoms with Crippen molar-refractivity contribution in [2.45, 2.75) is 38.0 Å². The lowest BCUT2D eigenvalue weighted by Gasteiger charge is -2.35. The summed E-state index contributed by atoms with van der Waals surface area (Å²) in [5.74, 6) is 0. The highest BCUT2D eigenvalue weighted by Gasteiger charge is 2.47. The van der Waals surface area contributed by atoms with Gasteiger partial charge < -0.3 is 36.7 Å². The van der Waals surface area contributed by atoms with Crippen LogP contribution in [-0.4, -0.2) is 82.6 Å². The van der Waals surface area contributed by atoms with E-state index in [1.54, 1.807) is 28.3 Å². The minimum absolute atomic E-state index is 0.102. The van der Waals surface area contributed by atoms with E-state index in [2.05, 4.69) is 0 Å². The largest absolute Gasteiger partial charge is 0.493 e. The fourth-order valence-electron chi connectivity index (χ4n) is 1.91. The van der Waals surface area contributed by atoms with Crippen LogP contribution in [0, 0.1) is 0 Å². The first-order valence-electron chi connectivity index (χ1n) is 7.73. The Morgan fingerprint density at radius 3 is 2.26 bits per heavy atom. The minimum Gasteiger partial charge on any atom is -0.398 e. The Morgan fingerprint density at radius 2 is 1.78 bits per heavy atom. The standard InChI is InChI=1S/C13H30O8Si2/c1-12(14)10-18-6-8-22(5,15-2)21-23(16-3,17-4)9-7-19-13-11-20-13/h12-14H,6-11H2,1-5H3. The normalized spacial score (nSPS) is 21.9. The quantitative estimate of drug-likeness (QED) is 0.272. The predicted octanol–water partition coefficient (Wildman–Crippen LogP) is 0.723. The minimum atomic E-state index is -2.87. The van der Waals surface area contributed by atoms with Gasteiger partial charge in [-0.1, -0.05) is 0 Å². The molecule has 0 amide bonds. The van der Waals surface area contributed by atoms with Gasteiger partial charge in [-0.05, 0) is 13.5 Å². The fraction of sp³-hybridized carbons (Fsp3) is 1.00. The highest BCUT2D eigenvalue weighted by atomic mass is 28.5. The topological polar surface area (TPSA) is 88.1 Å². The van der Waals surface area contributed by atoms with Crippen molar-refractivity contribution in [1.29, 1.82) is 0 Å². The summed E-state index contributed by atoms with van der Waals surface area (Å²) in [6.07, 6.45) is -0.588. The highest BCUT2D eigenvalue weighted by Crippen LogP contribution is 2.24. The van der Waals surface area contributed by atoms with E-state index in [9.17, 15) is 5.11 Å². The molecule has 1 aliphatic rings. The van der Waals surface area contributed by atoms with Crippen molar-refractivity contribution >= 4 is 17.4 Å². The molecule has 0 aromatic carbocycles. The Hall–Kier alpha value is 0.114. The van der Waals surface area contributed by atoms with E-state index in [-0.39, 0.29) is 6.29 Å². The molecule has 3 atom stereocenters. The summed E-state index contributed by atoms with van der Waals surface area (Å²) in [4.78, 5) is 0. The van der Waals surface area contributed by atoms with Crippen LogP contribution in [0.2, 0.25) is 18.6 Å².